The normalized spacial score (nSPS) is 13.1. The van der Waals surface area contributed by atoms with Crippen LogP contribution < -0.4 is 5.32 Å². The van der Waals surface area contributed by atoms with E-state index in [0.29, 0.717) is 37.3 Å². The summed E-state index contributed by atoms with van der Waals surface area (Å²) < 4.78 is 1.77. The van der Waals surface area contributed by atoms with Crippen molar-refractivity contribution < 1.29 is 9.59 Å². The number of aromatic nitrogens is 2. The van der Waals surface area contributed by atoms with Crippen molar-refractivity contribution in [3.8, 4) is 0 Å². The molecule has 3 aromatic rings. The highest BCUT2D eigenvalue weighted by atomic mass is 16.2. The Morgan fingerprint density at radius 3 is 2.67 bits per heavy atom. The molecule has 2 amide bonds. The van der Waals surface area contributed by atoms with Gasteiger partial charge < -0.3 is 10.2 Å². The smallest absolute Gasteiger partial charge is 0.272 e. The largest absolute Gasteiger partial charge is 0.347 e. The predicted octanol–water partition coefficient (Wildman–Crippen LogP) is 3.17. The standard InChI is InChI=1S/C24H26N4O2/c1-16-7-6-9-18(13-16)14-25-23(29)22-20-15-28(12-11-21(20)27(3)26-22)24(30)19-10-5-4-8-17(19)2/h4-10,13H,11-12,14-15H2,1-3H3,(H,25,29). The van der Waals surface area contributed by atoms with E-state index in [2.05, 4.69) is 16.5 Å². The molecule has 1 aliphatic rings. The molecule has 0 radical (unpaired) electrons. The molecule has 4 rings (SSSR count). The van der Waals surface area contributed by atoms with Crippen LogP contribution in [0, 0.1) is 13.8 Å². The lowest BCUT2D eigenvalue weighted by atomic mass is 10.0. The second kappa shape index (κ2) is 8.14. The summed E-state index contributed by atoms with van der Waals surface area (Å²) in [5.41, 5.74) is 6.12. The maximum Gasteiger partial charge on any atom is 0.272 e. The van der Waals surface area contributed by atoms with Crippen molar-refractivity contribution in [2.75, 3.05) is 6.54 Å². The van der Waals surface area contributed by atoms with Gasteiger partial charge in [0.05, 0.1) is 6.54 Å². The van der Waals surface area contributed by atoms with Crippen LogP contribution in [-0.2, 0) is 26.6 Å². The van der Waals surface area contributed by atoms with Gasteiger partial charge >= 0.3 is 0 Å². The minimum atomic E-state index is -0.210. The van der Waals surface area contributed by atoms with E-state index in [1.165, 1.54) is 0 Å². The van der Waals surface area contributed by atoms with Crippen LogP contribution in [0.3, 0.4) is 0 Å². The molecule has 2 heterocycles. The van der Waals surface area contributed by atoms with E-state index < -0.39 is 0 Å². The zero-order valence-corrected chi connectivity index (χ0v) is 17.6. The summed E-state index contributed by atoms with van der Waals surface area (Å²) in [6, 6.07) is 15.7. The number of nitrogens with one attached hydrogen (secondary N) is 1. The molecule has 6 heteroatoms. The minimum absolute atomic E-state index is 0.00581. The topological polar surface area (TPSA) is 67.2 Å². The van der Waals surface area contributed by atoms with Crippen molar-refractivity contribution in [3.63, 3.8) is 0 Å². The van der Waals surface area contributed by atoms with Crippen LogP contribution in [0.2, 0.25) is 0 Å². The molecular formula is C24H26N4O2. The molecule has 1 N–H and O–H groups in total. The highest BCUT2D eigenvalue weighted by Crippen LogP contribution is 2.24. The first kappa shape index (κ1) is 19.9. The van der Waals surface area contributed by atoms with Crippen LogP contribution in [0.25, 0.3) is 0 Å². The van der Waals surface area contributed by atoms with Gasteiger partial charge in [0.25, 0.3) is 11.8 Å². The Labute approximate surface area is 176 Å². The Morgan fingerprint density at radius 1 is 1.10 bits per heavy atom. The van der Waals surface area contributed by atoms with Gasteiger partial charge in [-0.25, -0.2) is 0 Å². The number of nitrogens with zero attached hydrogens (tertiary/aromatic N) is 3. The van der Waals surface area contributed by atoms with Gasteiger partial charge in [0.1, 0.15) is 0 Å². The number of hydrogen-bond donors (Lipinski definition) is 1. The number of aryl methyl sites for hydroxylation is 3. The summed E-state index contributed by atoms with van der Waals surface area (Å²) in [6.07, 6.45) is 0.682. The lowest BCUT2D eigenvalue weighted by molar-refractivity contribution is 0.0729. The molecule has 30 heavy (non-hydrogen) atoms. The molecule has 0 bridgehead atoms. The van der Waals surface area contributed by atoms with Gasteiger partial charge in [-0.2, -0.15) is 5.10 Å². The molecule has 0 atom stereocenters. The quantitative estimate of drug-likeness (QED) is 0.729. The fourth-order valence-corrected chi connectivity index (χ4v) is 4.02. The Hall–Kier alpha value is -3.41. The lowest BCUT2D eigenvalue weighted by Crippen LogP contribution is -2.37. The predicted molar refractivity (Wildman–Crippen MR) is 115 cm³/mol. The molecule has 2 aromatic carbocycles. The van der Waals surface area contributed by atoms with Crippen molar-refractivity contribution in [1.82, 2.24) is 20.0 Å². The first-order chi connectivity index (χ1) is 14.4. The Balaban J connectivity index is 1.53. The van der Waals surface area contributed by atoms with E-state index in [1.54, 1.807) is 4.68 Å². The highest BCUT2D eigenvalue weighted by molar-refractivity contribution is 5.97. The average Bonchev–Trinajstić information content (AvgIpc) is 3.08. The third-order valence-electron chi connectivity index (χ3n) is 5.66. The number of carbonyl (C=O) groups excluding carboxylic acids is 2. The maximum absolute atomic E-state index is 13.1. The van der Waals surface area contributed by atoms with Crippen LogP contribution in [0.5, 0.6) is 0 Å². The van der Waals surface area contributed by atoms with E-state index in [1.807, 2.05) is 68.3 Å². The molecule has 0 unspecified atom stereocenters. The number of amides is 2. The second-order valence-corrected chi connectivity index (χ2v) is 7.86. The summed E-state index contributed by atoms with van der Waals surface area (Å²) in [4.78, 5) is 27.8. The Morgan fingerprint density at radius 2 is 1.90 bits per heavy atom. The third kappa shape index (κ3) is 3.85. The summed E-state index contributed by atoms with van der Waals surface area (Å²) in [5.74, 6) is -0.215. The minimum Gasteiger partial charge on any atom is -0.347 e. The molecule has 6 nitrogen and oxygen atoms in total. The van der Waals surface area contributed by atoms with Crippen LogP contribution in [0.4, 0.5) is 0 Å². The van der Waals surface area contributed by atoms with Gasteiger partial charge in [0.2, 0.25) is 0 Å². The number of rotatable bonds is 4. The van der Waals surface area contributed by atoms with Gasteiger partial charge in [0, 0.05) is 43.4 Å². The second-order valence-electron chi connectivity index (χ2n) is 7.86. The van der Waals surface area contributed by atoms with E-state index in [4.69, 9.17) is 0 Å². The molecular weight excluding hydrogens is 376 g/mol. The molecule has 0 aliphatic carbocycles. The summed E-state index contributed by atoms with van der Waals surface area (Å²) in [7, 11) is 1.86. The van der Waals surface area contributed by atoms with E-state index in [0.717, 1.165) is 27.9 Å². The Kier molecular flexibility index (Phi) is 5.40. The van der Waals surface area contributed by atoms with Crippen LogP contribution >= 0.6 is 0 Å². The lowest BCUT2D eigenvalue weighted by Gasteiger charge is -2.28. The average molecular weight is 402 g/mol. The molecule has 1 aromatic heterocycles. The Bertz CT molecular complexity index is 1120. The van der Waals surface area contributed by atoms with Crippen LogP contribution in [0.15, 0.2) is 48.5 Å². The van der Waals surface area contributed by atoms with E-state index >= 15 is 0 Å². The number of fused-ring (bicyclic) bond motifs is 1. The van der Waals surface area contributed by atoms with Gasteiger partial charge in [0.15, 0.2) is 5.69 Å². The summed E-state index contributed by atoms with van der Waals surface area (Å²) >= 11 is 0. The highest BCUT2D eigenvalue weighted by Gasteiger charge is 2.30. The molecule has 0 fully saturated rings. The van der Waals surface area contributed by atoms with Crippen LogP contribution in [0.1, 0.15) is 48.8 Å². The number of benzene rings is 2. The van der Waals surface area contributed by atoms with E-state index in [9.17, 15) is 9.59 Å². The van der Waals surface area contributed by atoms with Crippen molar-refractivity contribution in [2.24, 2.45) is 7.05 Å². The summed E-state index contributed by atoms with van der Waals surface area (Å²) in [5, 5.41) is 7.45. The first-order valence-corrected chi connectivity index (χ1v) is 10.2. The fourth-order valence-electron chi connectivity index (χ4n) is 4.02. The van der Waals surface area contributed by atoms with Gasteiger partial charge in [-0.05, 0) is 31.0 Å². The van der Waals surface area contributed by atoms with Gasteiger partial charge in [-0.1, -0.05) is 48.0 Å². The zero-order chi connectivity index (χ0) is 21.3. The number of hydrogen-bond acceptors (Lipinski definition) is 3. The summed E-state index contributed by atoms with van der Waals surface area (Å²) in [6.45, 7) is 5.42. The van der Waals surface area contributed by atoms with Gasteiger partial charge in [-0.15, -0.1) is 0 Å². The third-order valence-corrected chi connectivity index (χ3v) is 5.66. The zero-order valence-electron chi connectivity index (χ0n) is 17.6. The van der Waals surface area contributed by atoms with Crippen molar-refractivity contribution in [2.45, 2.75) is 33.4 Å². The molecule has 0 saturated heterocycles. The van der Waals surface area contributed by atoms with Crippen LogP contribution in [-0.4, -0.2) is 33.0 Å². The number of carbonyl (C=O) groups is 2. The SMILES string of the molecule is Cc1cccc(CNC(=O)c2nn(C)c3c2CN(C(=O)c2ccccc2C)CC3)c1. The van der Waals surface area contributed by atoms with Crippen molar-refractivity contribution >= 4 is 11.8 Å². The molecule has 0 saturated carbocycles. The molecule has 154 valence electrons. The van der Waals surface area contributed by atoms with Crippen molar-refractivity contribution in [1.29, 1.82) is 0 Å². The fraction of sp³-hybridized carbons (Fsp3) is 0.292. The monoisotopic (exact) mass is 402 g/mol. The van der Waals surface area contributed by atoms with E-state index in [-0.39, 0.29) is 11.8 Å². The first-order valence-electron chi connectivity index (χ1n) is 10.2. The van der Waals surface area contributed by atoms with Crippen molar-refractivity contribution in [3.05, 3.63) is 87.7 Å². The van der Waals surface area contributed by atoms with Gasteiger partial charge in [-0.3, -0.25) is 14.3 Å². The molecule has 0 spiro atoms. The maximum atomic E-state index is 13.1. The molecule has 1 aliphatic heterocycles.